The van der Waals surface area contributed by atoms with Crippen molar-refractivity contribution in [3.63, 3.8) is 0 Å². The summed E-state index contributed by atoms with van der Waals surface area (Å²) >= 11 is 0. The predicted molar refractivity (Wildman–Crippen MR) is 96.3 cm³/mol. The molecule has 1 aliphatic rings. The zero-order valence-electron chi connectivity index (χ0n) is 14.0. The van der Waals surface area contributed by atoms with Gasteiger partial charge in [0.25, 0.3) is 0 Å². The van der Waals surface area contributed by atoms with Gasteiger partial charge in [-0.2, -0.15) is 0 Å². The molecule has 0 aromatic heterocycles. The quantitative estimate of drug-likeness (QED) is 0.814. The third kappa shape index (κ3) is 2.71. The minimum Gasteiger partial charge on any atom is -0.504 e. The van der Waals surface area contributed by atoms with Crippen LogP contribution in [-0.4, -0.2) is 18.8 Å². The first-order chi connectivity index (χ1) is 11.5. The van der Waals surface area contributed by atoms with Crippen molar-refractivity contribution in [1.82, 2.24) is 5.32 Å². The molecular formula is C20H21NO3. The molecule has 4 heteroatoms. The lowest BCUT2D eigenvalue weighted by Gasteiger charge is -2.18. The maximum absolute atomic E-state index is 10.1. The SMILES string of the molecule is C=C(C)COc1c(-c2cccc3c2CNC3=C)ccc(O)c1OC. The molecule has 1 heterocycles. The first kappa shape index (κ1) is 16.0. The van der Waals surface area contributed by atoms with E-state index in [1.54, 1.807) is 6.07 Å². The van der Waals surface area contributed by atoms with Crippen LogP contribution in [-0.2, 0) is 6.54 Å². The van der Waals surface area contributed by atoms with E-state index in [0.717, 1.165) is 33.5 Å². The maximum atomic E-state index is 10.1. The maximum Gasteiger partial charge on any atom is 0.203 e. The van der Waals surface area contributed by atoms with Crippen LogP contribution in [0.25, 0.3) is 16.8 Å². The number of phenolic OH excluding ortho intramolecular Hbond substituents is 1. The summed E-state index contributed by atoms with van der Waals surface area (Å²) in [7, 11) is 1.52. The number of rotatable bonds is 5. The van der Waals surface area contributed by atoms with Crippen molar-refractivity contribution >= 4 is 5.70 Å². The number of aromatic hydroxyl groups is 1. The van der Waals surface area contributed by atoms with E-state index < -0.39 is 0 Å². The molecule has 24 heavy (non-hydrogen) atoms. The Morgan fingerprint density at radius 3 is 2.62 bits per heavy atom. The Morgan fingerprint density at radius 2 is 1.92 bits per heavy atom. The van der Waals surface area contributed by atoms with Crippen molar-refractivity contribution in [2.75, 3.05) is 13.7 Å². The average molecular weight is 323 g/mol. The average Bonchev–Trinajstić information content (AvgIpc) is 2.94. The number of methoxy groups -OCH3 is 1. The van der Waals surface area contributed by atoms with E-state index in [1.807, 2.05) is 31.2 Å². The number of hydrogen-bond acceptors (Lipinski definition) is 4. The molecule has 124 valence electrons. The van der Waals surface area contributed by atoms with Crippen LogP contribution >= 0.6 is 0 Å². The van der Waals surface area contributed by atoms with E-state index in [4.69, 9.17) is 9.47 Å². The molecule has 0 saturated heterocycles. The second kappa shape index (κ2) is 6.32. The van der Waals surface area contributed by atoms with Crippen LogP contribution in [0.4, 0.5) is 0 Å². The van der Waals surface area contributed by atoms with Crippen LogP contribution in [0.5, 0.6) is 17.2 Å². The Bertz CT molecular complexity index is 824. The topological polar surface area (TPSA) is 50.7 Å². The lowest BCUT2D eigenvalue weighted by atomic mass is 9.95. The first-order valence-electron chi connectivity index (χ1n) is 7.75. The summed E-state index contributed by atoms with van der Waals surface area (Å²) in [5.74, 6) is 0.899. The molecule has 0 radical (unpaired) electrons. The summed E-state index contributed by atoms with van der Waals surface area (Å²) in [6.45, 7) is 10.9. The van der Waals surface area contributed by atoms with Crippen LogP contribution in [0, 0.1) is 0 Å². The third-order valence-corrected chi connectivity index (χ3v) is 4.03. The summed E-state index contributed by atoms with van der Waals surface area (Å²) in [4.78, 5) is 0. The van der Waals surface area contributed by atoms with Gasteiger partial charge in [0.1, 0.15) is 6.61 Å². The Hall–Kier alpha value is -2.88. The van der Waals surface area contributed by atoms with E-state index in [-0.39, 0.29) is 5.75 Å². The van der Waals surface area contributed by atoms with Gasteiger partial charge in [-0.25, -0.2) is 0 Å². The molecule has 4 nitrogen and oxygen atoms in total. The summed E-state index contributed by atoms with van der Waals surface area (Å²) in [5, 5.41) is 13.4. The van der Waals surface area contributed by atoms with Gasteiger partial charge in [0.2, 0.25) is 5.75 Å². The van der Waals surface area contributed by atoms with Gasteiger partial charge in [0.05, 0.1) is 7.11 Å². The van der Waals surface area contributed by atoms with Crippen LogP contribution in [0.15, 0.2) is 49.1 Å². The second-order valence-corrected chi connectivity index (χ2v) is 5.90. The number of nitrogens with one attached hydrogen (secondary N) is 1. The molecule has 3 rings (SSSR count). The van der Waals surface area contributed by atoms with Gasteiger partial charge in [0.15, 0.2) is 11.5 Å². The highest BCUT2D eigenvalue weighted by Crippen LogP contribution is 2.46. The summed E-state index contributed by atoms with van der Waals surface area (Å²) in [6, 6.07) is 9.56. The predicted octanol–water partition coefficient (Wildman–Crippen LogP) is 4.10. The molecule has 1 aliphatic heterocycles. The lowest BCUT2D eigenvalue weighted by molar-refractivity contribution is 0.308. The fourth-order valence-corrected chi connectivity index (χ4v) is 2.90. The Morgan fingerprint density at radius 1 is 1.17 bits per heavy atom. The lowest BCUT2D eigenvalue weighted by Crippen LogP contribution is -2.03. The van der Waals surface area contributed by atoms with E-state index in [1.165, 1.54) is 7.11 Å². The summed E-state index contributed by atoms with van der Waals surface area (Å²) in [5.41, 5.74) is 5.98. The largest absolute Gasteiger partial charge is 0.504 e. The van der Waals surface area contributed by atoms with Crippen molar-refractivity contribution in [3.05, 3.63) is 60.2 Å². The normalized spacial score (nSPS) is 12.5. The molecule has 2 N–H and O–H groups in total. The number of benzene rings is 2. The molecule has 0 aliphatic carbocycles. The molecule has 2 aromatic carbocycles. The highest BCUT2D eigenvalue weighted by molar-refractivity contribution is 5.83. The molecule has 0 amide bonds. The van der Waals surface area contributed by atoms with Crippen LogP contribution in [0.1, 0.15) is 18.1 Å². The standard InChI is InChI=1S/C20H21NO3/c1-12(2)11-24-19-16(8-9-18(22)20(19)23-4)15-7-5-6-14-13(3)21-10-17(14)15/h5-9,21-22H,1,3,10-11H2,2,4H3. The highest BCUT2D eigenvalue weighted by atomic mass is 16.5. The monoisotopic (exact) mass is 323 g/mol. The van der Waals surface area contributed by atoms with Gasteiger partial charge >= 0.3 is 0 Å². The van der Waals surface area contributed by atoms with Crippen molar-refractivity contribution in [1.29, 1.82) is 0 Å². The Labute approximate surface area is 142 Å². The number of hydrogen-bond donors (Lipinski definition) is 2. The molecule has 0 bridgehead atoms. The van der Waals surface area contributed by atoms with Crippen molar-refractivity contribution in [3.8, 4) is 28.4 Å². The molecule has 2 aromatic rings. The van der Waals surface area contributed by atoms with E-state index >= 15 is 0 Å². The fraction of sp³-hybridized carbons (Fsp3) is 0.200. The van der Waals surface area contributed by atoms with Gasteiger partial charge in [-0.15, -0.1) is 0 Å². The smallest absolute Gasteiger partial charge is 0.203 e. The van der Waals surface area contributed by atoms with Crippen LogP contribution < -0.4 is 14.8 Å². The van der Waals surface area contributed by atoms with Gasteiger partial charge < -0.3 is 19.9 Å². The zero-order chi connectivity index (χ0) is 17.3. The van der Waals surface area contributed by atoms with E-state index in [9.17, 15) is 5.11 Å². The van der Waals surface area contributed by atoms with Crippen LogP contribution in [0.3, 0.4) is 0 Å². The number of ether oxygens (including phenoxy) is 2. The number of phenols is 1. The minimum absolute atomic E-state index is 0.0491. The van der Waals surface area contributed by atoms with Crippen molar-refractivity contribution < 1.29 is 14.6 Å². The Balaban J connectivity index is 2.18. The van der Waals surface area contributed by atoms with Crippen LogP contribution in [0.2, 0.25) is 0 Å². The number of fused-ring (bicyclic) bond motifs is 1. The minimum atomic E-state index is 0.0491. The summed E-state index contributed by atoms with van der Waals surface area (Å²) in [6.07, 6.45) is 0. The fourth-order valence-electron chi connectivity index (χ4n) is 2.90. The Kier molecular flexibility index (Phi) is 4.21. The van der Waals surface area contributed by atoms with Gasteiger partial charge in [0, 0.05) is 23.4 Å². The first-order valence-corrected chi connectivity index (χ1v) is 7.75. The molecule has 0 fully saturated rings. The molecule has 0 spiro atoms. The third-order valence-electron chi connectivity index (χ3n) is 4.03. The van der Waals surface area contributed by atoms with E-state index in [0.29, 0.717) is 24.7 Å². The van der Waals surface area contributed by atoms with Crippen molar-refractivity contribution in [2.45, 2.75) is 13.5 Å². The summed E-state index contributed by atoms with van der Waals surface area (Å²) < 4.78 is 11.3. The molecule has 0 saturated carbocycles. The van der Waals surface area contributed by atoms with Gasteiger partial charge in [-0.3, -0.25) is 0 Å². The molecule has 0 atom stereocenters. The van der Waals surface area contributed by atoms with E-state index in [2.05, 4.69) is 18.5 Å². The highest BCUT2D eigenvalue weighted by Gasteiger charge is 2.23. The second-order valence-electron chi connectivity index (χ2n) is 5.90. The molecular weight excluding hydrogens is 302 g/mol. The van der Waals surface area contributed by atoms with Gasteiger partial charge in [-0.1, -0.05) is 31.4 Å². The zero-order valence-corrected chi connectivity index (χ0v) is 14.0. The van der Waals surface area contributed by atoms with Gasteiger partial charge in [-0.05, 0) is 35.8 Å². The molecule has 0 unspecified atom stereocenters. The van der Waals surface area contributed by atoms with Crippen molar-refractivity contribution in [2.24, 2.45) is 0 Å².